The summed E-state index contributed by atoms with van der Waals surface area (Å²) in [5.41, 5.74) is 0.789. The van der Waals surface area contributed by atoms with Crippen molar-refractivity contribution in [1.82, 2.24) is 24.5 Å². The zero-order valence-corrected chi connectivity index (χ0v) is 17.9. The van der Waals surface area contributed by atoms with E-state index >= 15 is 0 Å². The molecule has 3 aromatic rings. The molecule has 1 spiro atoms. The molecule has 0 bridgehead atoms. The molecule has 0 amide bonds. The van der Waals surface area contributed by atoms with Crippen molar-refractivity contribution in [2.24, 2.45) is 5.41 Å². The highest BCUT2D eigenvalue weighted by molar-refractivity contribution is 6.31. The molecule has 3 aromatic heterocycles. The third-order valence-corrected chi connectivity index (χ3v) is 6.48. The Morgan fingerprint density at radius 1 is 1.20 bits per heavy atom. The van der Waals surface area contributed by atoms with E-state index in [1.54, 1.807) is 24.7 Å². The molecular weight excluding hydrogens is 410 g/mol. The van der Waals surface area contributed by atoms with Gasteiger partial charge >= 0.3 is 0 Å². The number of hydrogen-bond acceptors (Lipinski definition) is 5. The summed E-state index contributed by atoms with van der Waals surface area (Å²) in [5.74, 6) is -1.28. The van der Waals surface area contributed by atoms with Crippen molar-refractivity contribution in [2.45, 2.75) is 51.5 Å². The van der Waals surface area contributed by atoms with Crippen LogP contribution in [-0.2, 0) is 12.0 Å². The summed E-state index contributed by atoms with van der Waals surface area (Å²) in [7, 11) is 0. The average Bonchev–Trinajstić information content (AvgIpc) is 3.03. The predicted molar refractivity (Wildman–Crippen MR) is 111 cm³/mol. The van der Waals surface area contributed by atoms with Gasteiger partial charge in [0.25, 0.3) is 5.92 Å². The van der Waals surface area contributed by atoms with Crippen LogP contribution in [0.5, 0.6) is 0 Å². The minimum atomic E-state index is -2.57. The molecule has 4 heterocycles. The summed E-state index contributed by atoms with van der Waals surface area (Å²) in [6, 6.07) is 3.58. The van der Waals surface area contributed by atoms with Crippen LogP contribution in [0.2, 0.25) is 5.02 Å². The van der Waals surface area contributed by atoms with E-state index in [1.807, 2.05) is 30.2 Å². The molecule has 1 saturated carbocycles. The minimum absolute atomic E-state index is 0.0382. The van der Waals surface area contributed by atoms with Gasteiger partial charge in [0.1, 0.15) is 5.82 Å². The molecule has 9 heteroatoms. The fourth-order valence-corrected chi connectivity index (χ4v) is 4.36. The first-order valence-electron chi connectivity index (χ1n) is 10.1. The Bertz CT molecular complexity index is 1140. The van der Waals surface area contributed by atoms with Crippen LogP contribution in [-0.4, -0.2) is 43.5 Å². The van der Waals surface area contributed by atoms with Gasteiger partial charge in [-0.1, -0.05) is 32.4 Å². The molecule has 1 aliphatic carbocycles. The molecule has 0 N–H and O–H groups in total. The molecule has 1 atom stereocenters. The summed E-state index contributed by atoms with van der Waals surface area (Å²) in [4.78, 5) is 20.4. The van der Waals surface area contributed by atoms with Crippen LogP contribution in [0.4, 0.5) is 14.6 Å². The van der Waals surface area contributed by atoms with Gasteiger partial charge in [-0.15, -0.1) is 0 Å². The zero-order valence-electron chi connectivity index (χ0n) is 17.2. The fourth-order valence-electron chi connectivity index (χ4n) is 4.17. The number of anilines is 1. The maximum Gasteiger partial charge on any atom is 0.256 e. The molecule has 1 aliphatic heterocycles. The van der Waals surface area contributed by atoms with Gasteiger partial charge < -0.3 is 9.47 Å². The van der Waals surface area contributed by atoms with E-state index in [9.17, 15) is 8.78 Å². The van der Waals surface area contributed by atoms with Crippen LogP contribution in [0.1, 0.15) is 45.1 Å². The highest BCUT2D eigenvalue weighted by atomic mass is 35.5. The second-order valence-electron chi connectivity index (χ2n) is 9.43. The summed E-state index contributed by atoms with van der Waals surface area (Å²) in [6.45, 7) is 7.37. The van der Waals surface area contributed by atoms with Gasteiger partial charge in [-0.2, -0.15) is 0 Å². The van der Waals surface area contributed by atoms with Crippen molar-refractivity contribution in [3.05, 3.63) is 41.2 Å². The molecule has 1 unspecified atom stereocenters. The Labute approximate surface area is 178 Å². The van der Waals surface area contributed by atoms with Crippen LogP contribution in [0, 0.1) is 5.41 Å². The van der Waals surface area contributed by atoms with Crippen molar-refractivity contribution in [3.63, 3.8) is 0 Å². The fraction of sp³-hybridized carbons (Fsp3) is 0.524. The normalized spacial score (nSPS) is 22.9. The third-order valence-electron chi connectivity index (χ3n) is 6.14. The van der Waals surface area contributed by atoms with Crippen LogP contribution in [0.25, 0.3) is 11.2 Å². The molecule has 2 aliphatic rings. The molecule has 158 valence electrons. The molecule has 6 nitrogen and oxygen atoms in total. The molecule has 30 heavy (non-hydrogen) atoms. The van der Waals surface area contributed by atoms with Crippen LogP contribution < -0.4 is 4.90 Å². The minimum Gasteiger partial charge on any atom is -0.354 e. The Kier molecular flexibility index (Phi) is 4.13. The number of alkyl halides is 2. The van der Waals surface area contributed by atoms with Crippen molar-refractivity contribution in [2.75, 3.05) is 18.0 Å². The molecule has 0 radical (unpaired) electrons. The van der Waals surface area contributed by atoms with E-state index in [2.05, 4.69) is 9.97 Å². The second-order valence-corrected chi connectivity index (χ2v) is 9.84. The summed E-state index contributed by atoms with van der Waals surface area (Å²) < 4.78 is 29.8. The summed E-state index contributed by atoms with van der Waals surface area (Å²) >= 11 is 6.29. The number of rotatable bonds is 3. The lowest BCUT2D eigenvalue weighted by atomic mass is 9.96. The third kappa shape index (κ3) is 3.04. The first-order valence-corrected chi connectivity index (χ1v) is 10.4. The first-order chi connectivity index (χ1) is 14.1. The maximum atomic E-state index is 13.9. The smallest absolute Gasteiger partial charge is 0.256 e. The Balaban J connectivity index is 1.59. The topological polar surface area (TPSA) is 59.7 Å². The van der Waals surface area contributed by atoms with E-state index in [1.165, 1.54) is 0 Å². The van der Waals surface area contributed by atoms with Crippen molar-refractivity contribution < 1.29 is 8.78 Å². The standard InChI is InChI=1S/C21H23ClF2N6/c1-19(2,3)18-27-16(29-8-6-20(11-29)10-21(20,23)24)15-17(28-18)30(12-26-15)9-14-13(22)5-4-7-25-14/h4-5,7,12H,6,8-11H2,1-3H3. The van der Waals surface area contributed by atoms with Crippen molar-refractivity contribution in [1.29, 1.82) is 0 Å². The summed E-state index contributed by atoms with van der Waals surface area (Å²) in [6.07, 6.45) is 3.82. The van der Waals surface area contributed by atoms with Crippen LogP contribution >= 0.6 is 11.6 Å². The molecule has 5 rings (SSSR count). The van der Waals surface area contributed by atoms with Gasteiger partial charge in [-0.3, -0.25) is 4.98 Å². The van der Waals surface area contributed by atoms with Crippen molar-refractivity contribution >= 4 is 28.6 Å². The largest absolute Gasteiger partial charge is 0.354 e. The van der Waals surface area contributed by atoms with Gasteiger partial charge in [0, 0.05) is 31.1 Å². The van der Waals surface area contributed by atoms with Crippen LogP contribution in [0.15, 0.2) is 24.7 Å². The Hall–Kier alpha value is -2.35. The lowest BCUT2D eigenvalue weighted by Gasteiger charge is -2.22. The number of hydrogen-bond donors (Lipinski definition) is 0. The van der Waals surface area contributed by atoms with Gasteiger partial charge in [-0.05, 0) is 18.6 Å². The van der Waals surface area contributed by atoms with Crippen LogP contribution in [0.3, 0.4) is 0 Å². The lowest BCUT2D eigenvalue weighted by molar-refractivity contribution is 0.0711. The van der Waals surface area contributed by atoms with Gasteiger partial charge in [0.05, 0.1) is 29.0 Å². The van der Waals surface area contributed by atoms with E-state index in [-0.39, 0.29) is 11.8 Å². The number of nitrogens with zero attached hydrogens (tertiary/aromatic N) is 6. The van der Waals surface area contributed by atoms with Gasteiger partial charge in [-0.25, -0.2) is 23.7 Å². The highest BCUT2D eigenvalue weighted by Crippen LogP contribution is 2.65. The number of halogens is 3. The maximum absolute atomic E-state index is 13.9. The first kappa shape index (κ1) is 19.6. The monoisotopic (exact) mass is 432 g/mol. The SMILES string of the molecule is CC(C)(C)c1nc(N2CCC3(C2)CC3(F)F)c2ncn(Cc3ncccc3Cl)c2n1. The van der Waals surface area contributed by atoms with Gasteiger partial charge in [0.15, 0.2) is 17.0 Å². The quantitative estimate of drug-likeness (QED) is 0.611. The lowest BCUT2D eigenvalue weighted by Crippen LogP contribution is -2.26. The molecule has 2 fully saturated rings. The average molecular weight is 433 g/mol. The molecule has 0 aromatic carbocycles. The predicted octanol–water partition coefficient (Wildman–Crippen LogP) is 4.46. The highest BCUT2D eigenvalue weighted by Gasteiger charge is 2.72. The Morgan fingerprint density at radius 2 is 1.97 bits per heavy atom. The van der Waals surface area contributed by atoms with E-state index in [0.717, 1.165) is 0 Å². The van der Waals surface area contributed by atoms with Crippen molar-refractivity contribution in [3.8, 4) is 0 Å². The van der Waals surface area contributed by atoms with E-state index in [0.29, 0.717) is 59.6 Å². The number of fused-ring (bicyclic) bond motifs is 1. The molecule has 1 saturated heterocycles. The summed E-state index contributed by atoms with van der Waals surface area (Å²) in [5, 5.41) is 0.571. The van der Waals surface area contributed by atoms with E-state index in [4.69, 9.17) is 21.6 Å². The molecular formula is C21H23ClF2N6. The van der Waals surface area contributed by atoms with E-state index < -0.39 is 11.3 Å². The Morgan fingerprint density at radius 3 is 2.60 bits per heavy atom. The number of pyridine rings is 1. The van der Waals surface area contributed by atoms with Gasteiger partial charge in [0.2, 0.25) is 0 Å². The zero-order chi connectivity index (χ0) is 21.3. The number of imidazole rings is 1. The number of aromatic nitrogens is 5. The second kappa shape index (κ2) is 6.33.